The molecule has 0 saturated heterocycles. The summed E-state index contributed by atoms with van der Waals surface area (Å²) in [6.45, 7) is -0.117. The number of methoxy groups -OCH3 is 1. The van der Waals surface area contributed by atoms with Gasteiger partial charge in [0.2, 0.25) is 5.91 Å². The second-order valence-corrected chi connectivity index (χ2v) is 7.25. The number of halogens is 1. The molecule has 0 aliphatic carbocycles. The van der Waals surface area contributed by atoms with Gasteiger partial charge in [-0.3, -0.25) is 24.3 Å². The number of esters is 1. The number of hydrogen-bond acceptors (Lipinski definition) is 6. The van der Waals surface area contributed by atoms with Crippen molar-refractivity contribution in [3.05, 3.63) is 53.2 Å². The lowest BCUT2D eigenvalue weighted by molar-refractivity contribution is -0.140. The standard InChI is InChI=1S/C20H18ClN5O4/c1-30-18(27)10-26-16-3-2-4-22-13(16)6-12(20(26)29)8-24-19(28)14-5-11-7-17(21)23-9-15(11)25-14/h2-5,7,9,12,25H,6,8,10H2,1H3,(H,24,28). The Balaban J connectivity index is 1.50. The van der Waals surface area contributed by atoms with E-state index in [0.29, 0.717) is 34.2 Å². The van der Waals surface area contributed by atoms with Crippen LogP contribution in [0.5, 0.6) is 0 Å². The molecule has 3 aromatic heterocycles. The first-order valence-corrected chi connectivity index (χ1v) is 9.58. The Bertz CT molecular complexity index is 1150. The average Bonchev–Trinajstić information content (AvgIpc) is 3.17. The maximum absolute atomic E-state index is 13.0. The Hall–Kier alpha value is -3.46. The van der Waals surface area contributed by atoms with Crippen molar-refractivity contribution in [2.24, 2.45) is 5.92 Å². The maximum Gasteiger partial charge on any atom is 0.325 e. The van der Waals surface area contributed by atoms with Crippen LogP contribution in [0.3, 0.4) is 0 Å². The normalized spacial score (nSPS) is 15.7. The van der Waals surface area contributed by atoms with Crippen LogP contribution < -0.4 is 10.2 Å². The van der Waals surface area contributed by atoms with E-state index in [9.17, 15) is 14.4 Å². The van der Waals surface area contributed by atoms with E-state index < -0.39 is 11.9 Å². The minimum atomic E-state index is -0.554. The molecule has 0 aromatic carbocycles. The first-order valence-electron chi connectivity index (χ1n) is 9.21. The molecular formula is C20H18ClN5O4. The number of aromatic amines is 1. The summed E-state index contributed by atoms with van der Waals surface area (Å²) in [4.78, 5) is 50.0. The number of rotatable bonds is 5. The van der Waals surface area contributed by atoms with Crippen molar-refractivity contribution in [3.8, 4) is 0 Å². The van der Waals surface area contributed by atoms with Gasteiger partial charge in [-0.15, -0.1) is 0 Å². The van der Waals surface area contributed by atoms with Gasteiger partial charge < -0.3 is 15.0 Å². The van der Waals surface area contributed by atoms with Gasteiger partial charge in [0.15, 0.2) is 0 Å². The SMILES string of the molecule is COC(=O)CN1C(=O)C(CNC(=O)c2cc3cc(Cl)ncc3[nH]2)Cc2ncccc21. The molecule has 0 saturated carbocycles. The maximum atomic E-state index is 13.0. The van der Waals surface area contributed by atoms with Gasteiger partial charge in [-0.25, -0.2) is 4.98 Å². The van der Waals surface area contributed by atoms with Crippen LogP contribution in [0, 0.1) is 5.92 Å². The molecule has 1 unspecified atom stereocenters. The van der Waals surface area contributed by atoms with Gasteiger partial charge >= 0.3 is 5.97 Å². The van der Waals surface area contributed by atoms with E-state index in [-0.39, 0.29) is 24.9 Å². The van der Waals surface area contributed by atoms with Crippen LogP contribution in [-0.4, -0.2) is 52.9 Å². The predicted octanol–water partition coefficient (Wildman–Crippen LogP) is 1.72. The Morgan fingerprint density at radius 3 is 3.00 bits per heavy atom. The highest BCUT2D eigenvalue weighted by Gasteiger charge is 2.35. The van der Waals surface area contributed by atoms with Gasteiger partial charge in [-0.1, -0.05) is 11.6 Å². The van der Waals surface area contributed by atoms with Crippen molar-refractivity contribution in [3.63, 3.8) is 0 Å². The number of H-pyrrole nitrogens is 1. The highest BCUT2D eigenvalue weighted by Crippen LogP contribution is 2.28. The van der Waals surface area contributed by atoms with Crippen LogP contribution in [0.15, 0.2) is 36.7 Å². The molecule has 0 fully saturated rings. The topological polar surface area (TPSA) is 117 Å². The molecular weight excluding hydrogens is 410 g/mol. The van der Waals surface area contributed by atoms with E-state index in [1.165, 1.54) is 12.0 Å². The van der Waals surface area contributed by atoms with Gasteiger partial charge in [0.1, 0.15) is 17.4 Å². The van der Waals surface area contributed by atoms with Crippen molar-refractivity contribution >= 4 is 46.0 Å². The van der Waals surface area contributed by atoms with Crippen LogP contribution in [-0.2, 0) is 20.7 Å². The lowest BCUT2D eigenvalue weighted by atomic mass is 9.95. The smallest absolute Gasteiger partial charge is 0.325 e. The molecule has 9 nitrogen and oxygen atoms in total. The first kappa shape index (κ1) is 19.8. The summed E-state index contributed by atoms with van der Waals surface area (Å²) in [6, 6.07) is 6.76. The highest BCUT2D eigenvalue weighted by atomic mass is 35.5. The summed E-state index contributed by atoms with van der Waals surface area (Å²) in [5.74, 6) is -1.72. The Kier molecular flexibility index (Phi) is 5.37. The number of amides is 2. The summed E-state index contributed by atoms with van der Waals surface area (Å²) in [7, 11) is 1.27. The average molecular weight is 428 g/mol. The summed E-state index contributed by atoms with van der Waals surface area (Å²) in [6.07, 6.45) is 3.54. The zero-order valence-electron chi connectivity index (χ0n) is 16.0. The van der Waals surface area contributed by atoms with E-state index in [4.69, 9.17) is 16.3 Å². The van der Waals surface area contributed by atoms with Gasteiger partial charge in [-0.2, -0.15) is 0 Å². The molecule has 1 aliphatic rings. The highest BCUT2D eigenvalue weighted by molar-refractivity contribution is 6.30. The van der Waals surface area contributed by atoms with Crippen molar-refractivity contribution in [1.82, 2.24) is 20.3 Å². The lowest BCUT2D eigenvalue weighted by Crippen LogP contribution is -2.48. The van der Waals surface area contributed by atoms with Gasteiger partial charge in [0.05, 0.1) is 36.1 Å². The second-order valence-electron chi connectivity index (χ2n) is 6.86. The van der Waals surface area contributed by atoms with Crippen LogP contribution in [0.1, 0.15) is 16.2 Å². The zero-order valence-corrected chi connectivity index (χ0v) is 16.8. The van der Waals surface area contributed by atoms with Crippen LogP contribution >= 0.6 is 11.6 Å². The number of nitrogens with one attached hydrogen (secondary N) is 2. The molecule has 2 N–H and O–H groups in total. The van der Waals surface area contributed by atoms with Gasteiger partial charge in [-0.05, 0) is 24.3 Å². The zero-order chi connectivity index (χ0) is 21.3. The largest absolute Gasteiger partial charge is 0.468 e. The molecule has 10 heteroatoms. The molecule has 4 rings (SSSR count). The quantitative estimate of drug-likeness (QED) is 0.473. The minimum absolute atomic E-state index is 0.0969. The number of nitrogens with zero attached hydrogens (tertiary/aromatic N) is 3. The molecule has 1 atom stereocenters. The summed E-state index contributed by atoms with van der Waals surface area (Å²) >= 11 is 5.88. The van der Waals surface area contributed by atoms with Crippen molar-refractivity contribution in [2.75, 3.05) is 25.1 Å². The number of anilines is 1. The Morgan fingerprint density at radius 2 is 2.20 bits per heavy atom. The summed E-state index contributed by atoms with van der Waals surface area (Å²) < 4.78 is 4.70. The summed E-state index contributed by atoms with van der Waals surface area (Å²) in [5, 5.41) is 3.87. The molecule has 1 aliphatic heterocycles. The van der Waals surface area contributed by atoms with E-state index in [1.54, 1.807) is 36.7 Å². The van der Waals surface area contributed by atoms with Crippen molar-refractivity contribution in [2.45, 2.75) is 6.42 Å². The van der Waals surface area contributed by atoms with Gasteiger partial charge in [0, 0.05) is 24.5 Å². The minimum Gasteiger partial charge on any atom is -0.468 e. The molecule has 0 spiro atoms. The number of aromatic nitrogens is 3. The number of fused-ring (bicyclic) bond motifs is 2. The third-order valence-electron chi connectivity index (χ3n) is 4.95. The number of pyridine rings is 2. The Morgan fingerprint density at radius 1 is 1.37 bits per heavy atom. The first-order chi connectivity index (χ1) is 14.5. The number of ether oxygens (including phenoxy) is 1. The van der Waals surface area contributed by atoms with E-state index >= 15 is 0 Å². The third kappa shape index (κ3) is 3.84. The summed E-state index contributed by atoms with van der Waals surface area (Å²) in [5.41, 5.74) is 2.28. The van der Waals surface area contributed by atoms with Crippen molar-refractivity contribution in [1.29, 1.82) is 0 Å². The van der Waals surface area contributed by atoms with Crippen LogP contribution in [0.4, 0.5) is 5.69 Å². The molecule has 3 aromatic rings. The predicted molar refractivity (Wildman–Crippen MR) is 109 cm³/mol. The number of hydrogen-bond donors (Lipinski definition) is 2. The van der Waals surface area contributed by atoms with Crippen molar-refractivity contribution < 1.29 is 19.1 Å². The molecule has 30 heavy (non-hydrogen) atoms. The molecule has 2 amide bonds. The number of carbonyl (C=O) groups is 3. The second kappa shape index (κ2) is 8.11. The van der Waals surface area contributed by atoms with E-state index in [1.807, 2.05) is 0 Å². The third-order valence-corrected chi connectivity index (χ3v) is 5.16. The molecule has 4 heterocycles. The lowest BCUT2D eigenvalue weighted by Gasteiger charge is -2.32. The Labute approximate surface area is 176 Å². The van der Waals surface area contributed by atoms with E-state index in [2.05, 4.69) is 20.3 Å². The van der Waals surface area contributed by atoms with Crippen LogP contribution in [0.25, 0.3) is 10.9 Å². The fourth-order valence-corrected chi connectivity index (χ4v) is 3.61. The van der Waals surface area contributed by atoms with Gasteiger partial charge in [0.25, 0.3) is 5.91 Å². The molecule has 154 valence electrons. The molecule has 0 radical (unpaired) electrons. The monoisotopic (exact) mass is 427 g/mol. The number of carbonyl (C=O) groups excluding carboxylic acids is 3. The van der Waals surface area contributed by atoms with Crippen LogP contribution in [0.2, 0.25) is 5.15 Å². The fraction of sp³-hybridized carbons (Fsp3) is 0.250. The van der Waals surface area contributed by atoms with E-state index in [0.717, 1.165) is 5.39 Å². The molecule has 0 bridgehead atoms. The fourth-order valence-electron chi connectivity index (χ4n) is 3.45.